The topological polar surface area (TPSA) is 108 Å². The number of benzene rings is 2. The van der Waals surface area contributed by atoms with Gasteiger partial charge in [0.25, 0.3) is 11.8 Å². The number of alkyl halides is 9. The van der Waals surface area contributed by atoms with Crippen molar-refractivity contribution in [3.63, 3.8) is 0 Å². The molecule has 2 amide bonds. The number of nitrogens with zero attached hydrogens (tertiary/aromatic N) is 1. The van der Waals surface area contributed by atoms with Crippen LogP contribution in [-0.2, 0) is 23.9 Å². The van der Waals surface area contributed by atoms with E-state index in [0.29, 0.717) is 0 Å². The van der Waals surface area contributed by atoms with E-state index in [-0.39, 0.29) is 42.9 Å². The Morgan fingerprint density at radius 1 is 0.800 bits per heavy atom. The van der Waals surface area contributed by atoms with Gasteiger partial charge in [-0.1, -0.05) is 12.1 Å². The van der Waals surface area contributed by atoms with E-state index in [9.17, 15) is 57.5 Å². The predicted molar refractivity (Wildman–Crippen MR) is 114 cm³/mol. The Kier molecular flexibility index (Phi) is 8.37. The van der Waals surface area contributed by atoms with Gasteiger partial charge in [0.1, 0.15) is 12.4 Å². The molecule has 0 fully saturated rings. The van der Waals surface area contributed by atoms with Crippen LogP contribution in [0, 0.1) is 0 Å². The Morgan fingerprint density at radius 3 is 2.00 bits per heavy atom. The van der Waals surface area contributed by atoms with Crippen molar-refractivity contribution in [1.29, 1.82) is 0 Å². The summed E-state index contributed by atoms with van der Waals surface area (Å²) in [6.07, 6.45) is -7.33. The zero-order valence-corrected chi connectivity index (χ0v) is 20.6. The Hall–Kier alpha value is -3.16. The van der Waals surface area contributed by atoms with Gasteiger partial charge in [0.2, 0.25) is 0 Å². The number of hydroxylamine groups is 2. The summed E-state index contributed by atoms with van der Waals surface area (Å²) >= 11 is 0. The minimum atomic E-state index is -7.64. The lowest BCUT2D eigenvalue weighted by Crippen LogP contribution is -2.64. The molecule has 19 heteroatoms. The summed E-state index contributed by atoms with van der Waals surface area (Å²) in [4.78, 5) is 25.6. The molecule has 1 heterocycles. The molecule has 222 valence electrons. The van der Waals surface area contributed by atoms with Crippen LogP contribution in [0.1, 0.15) is 20.7 Å². The molecule has 0 radical (unpaired) electrons. The maximum absolute atomic E-state index is 14.1. The van der Waals surface area contributed by atoms with Gasteiger partial charge in [-0.05, 0) is 23.6 Å². The molecule has 0 saturated heterocycles. The molecule has 0 aromatic heterocycles. The van der Waals surface area contributed by atoms with Crippen molar-refractivity contribution < 1.29 is 76.0 Å². The lowest BCUT2D eigenvalue weighted by Gasteiger charge is -2.33. The number of hydrogen-bond donors (Lipinski definition) is 0. The fourth-order valence-electron chi connectivity index (χ4n) is 3.33. The van der Waals surface area contributed by atoms with E-state index >= 15 is 0 Å². The van der Waals surface area contributed by atoms with Crippen molar-refractivity contribution in [3.05, 3.63) is 41.5 Å². The van der Waals surface area contributed by atoms with Crippen LogP contribution in [0.2, 0.25) is 0 Å². The number of carbonyl (C=O) groups is 2. The van der Waals surface area contributed by atoms with Crippen LogP contribution in [0.25, 0.3) is 10.8 Å². The second-order valence-electron chi connectivity index (χ2n) is 7.92. The highest BCUT2D eigenvalue weighted by Crippen LogP contribution is 2.55. The van der Waals surface area contributed by atoms with Crippen LogP contribution in [0.5, 0.6) is 5.75 Å². The summed E-state index contributed by atoms with van der Waals surface area (Å²) in [6.45, 7) is 0.364. The lowest BCUT2D eigenvalue weighted by atomic mass is 9.95. The lowest BCUT2D eigenvalue weighted by molar-refractivity contribution is -0.383. The minimum Gasteiger partial charge on any atom is -0.491 e. The average molecular weight is 613 g/mol. The second-order valence-corrected chi connectivity index (χ2v) is 9.49. The monoisotopic (exact) mass is 613 g/mol. The van der Waals surface area contributed by atoms with Gasteiger partial charge in [-0.3, -0.25) is 9.59 Å². The standard InChI is InChI=1S/C21H16F9NO8S/c1-36-5-6-37-7-8-38-12-9-11-3-2-4-13-15(11)14(10-12)17(33)31(16(13)32)39-40(34,35)21(29,30)19(24,25)18(22,23)20(26,27)28/h2-4,9-10H,5-8H2,1H3. The van der Waals surface area contributed by atoms with Crippen molar-refractivity contribution in [1.82, 2.24) is 5.06 Å². The maximum Gasteiger partial charge on any atom is 0.460 e. The smallest absolute Gasteiger partial charge is 0.460 e. The van der Waals surface area contributed by atoms with Crippen LogP contribution < -0.4 is 4.74 Å². The highest BCUT2D eigenvalue weighted by Gasteiger charge is 2.86. The van der Waals surface area contributed by atoms with Gasteiger partial charge in [-0.25, -0.2) is 0 Å². The Balaban J connectivity index is 1.96. The third-order valence-corrected chi connectivity index (χ3v) is 6.54. The largest absolute Gasteiger partial charge is 0.491 e. The number of ether oxygens (including phenoxy) is 3. The first kappa shape index (κ1) is 31.4. The summed E-state index contributed by atoms with van der Waals surface area (Å²) in [5, 5.41) is -8.32. The van der Waals surface area contributed by atoms with E-state index < -0.39 is 61.4 Å². The van der Waals surface area contributed by atoms with Gasteiger partial charge in [-0.15, -0.1) is 9.35 Å². The van der Waals surface area contributed by atoms with Crippen LogP contribution >= 0.6 is 0 Å². The van der Waals surface area contributed by atoms with Crippen molar-refractivity contribution in [2.24, 2.45) is 0 Å². The first-order chi connectivity index (χ1) is 18.3. The third-order valence-electron chi connectivity index (χ3n) is 5.31. The van der Waals surface area contributed by atoms with Crippen LogP contribution in [0.4, 0.5) is 39.5 Å². The zero-order chi connectivity index (χ0) is 30.3. The molecule has 2 aromatic carbocycles. The Labute approximate surface area is 218 Å². The molecule has 0 atom stereocenters. The van der Waals surface area contributed by atoms with Crippen molar-refractivity contribution in [3.8, 4) is 5.75 Å². The minimum absolute atomic E-state index is 0.0164. The Morgan fingerprint density at radius 2 is 1.40 bits per heavy atom. The molecular weight excluding hydrogens is 597 g/mol. The van der Waals surface area contributed by atoms with Gasteiger partial charge in [-0.2, -0.15) is 47.9 Å². The number of carbonyl (C=O) groups excluding carboxylic acids is 2. The molecule has 2 aromatic rings. The molecule has 0 unspecified atom stereocenters. The maximum atomic E-state index is 14.1. The van der Waals surface area contributed by atoms with Crippen molar-refractivity contribution >= 4 is 32.7 Å². The summed E-state index contributed by atoms with van der Waals surface area (Å²) in [7, 11) is -6.14. The van der Waals surface area contributed by atoms with E-state index in [2.05, 4.69) is 4.28 Å². The molecule has 40 heavy (non-hydrogen) atoms. The SMILES string of the molecule is COCCOCCOc1cc2c3c(cccc3c1)C(=O)N(OS(=O)(=O)C(F)(F)C(F)(F)C(F)(F)C(F)(F)F)C2=O. The van der Waals surface area contributed by atoms with E-state index in [1.807, 2.05) is 0 Å². The number of imide groups is 1. The molecule has 1 aliphatic rings. The number of methoxy groups -OCH3 is 1. The van der Waals surface area contributed by atoms with Gasteiger partial charge >= 0.3 is 33.4 Å². The fraction of sp³-hybridized carbons (Fsp3) is 0.429. The van der Waals surface area contributed by atoms with Crippen molar-refractivity contribution in [2.75, 3.05) is 33.5 Å². The fourth-order valence-corrected chi connectivity index (χ4v) is 4.20. The first-order valence-corrected chi connectivity index (χ1v) is 12.0. The van der Waals surface area contributed by atoms with Gasteiger partial charge in [0.15, 0.2) is 0 Å². The zero-order valence-electron chi connectivity index (χ0n) is 19.7. The van der Waals surface area contributed by atoms with Gasteiger partial charge in [0.05, 0.1) is 30.9 Å². The van der Waals surface area contributed by atoms with E-state index in [1.54, 1.807) is 0 Å². The summed E-state index contributed by atoms with van der Waals surface area (Å²) in [5.41, 5.74) is -1.23. The molecule has 9 nitrogen and oxygen atoms in total. The summed E-state index contributed by atoms with van der Waals surface area (Å²) < 4.78 is 162. The van der Waals surface area contributed by atoms with Gasteiger partial charge < -0.3 is 14.2 Å². The highest BCUT2D eigenvalue weighted by atomic mass is 32.2. The third kappa shape index (κ3) is 5.17. The highest BCUT2D eigenvalue weighted by molar-refractivity contribution is 7.87. The normalized spacial score (nSPS) is 15.2. The molecule has 0 saturated carbocycles. The molecule has 0 bridgehead atoms. The van der Waals surface area contributed by atoms with E-state index in [4.69, 9.17) is 14.2 Å². The molecule has 0 N–H and O–H groups in total. The van der Waals surface area contributed by atoms with Crippen molar-refractivity contribution in [2.45, 2.75) is 23.3 Å². The number of rotatable bonds is 12. The summed E-state index contributed by atoms with van der Waals surface area (Å²) in [6, 6.07) is 5.68. The van der Waals surface area contributed by atoms with E-state index in [1.165, 1.54) is 25.3 Å². The van der Waals surface area contributed by atoms with Crippen LogP contribution in [-0.4, -0.2) is 82.1 Å². The second kappa shape index (κ2) is 10.7. The number of hydrogen-bond acceptors (Lipinski definition) is 8. The molecule has 1 aliphatic heterocycles. The number of amides is 2. The molecule has 0 aliphatic carbocycles. The van der Waals surface area contributed by atoms with E-state index in [0.717, 1.165) is 12.1 Å². The summed E-state index contributed by atoms with van der Waals surface area (Å²) in [5.74, 6) is -19.0. The van der Waals surface area contributed by atoms with Crippen LogP contribution in [0.15, 0.2) is 30.3 Å². The molecular formula is C21H16F9NO8S. The molecule has 0 spiro atoms. The Bertz CT molecular complexity index is 1410. The first-order valence-electron chi connectivity index (χ1n) is 10.6. The molecule has 3 rings (SSSR count). The van der Waals surface area contributed by atoms with Crippen LogP contribution in [0.3, 0.4) is 0 Å². The van der Waals surface area contributed by atoms with Gasteiger partial charge in [0, 0.05) is 12.5 Å². The quantitative estimate of drug-likeness (QED) is 0.200. The predicted octanol–water partition coefficient (Wildman–Crippen LogP) is 4.16. The average Bonchev–Trinajstić information content (AvgIpc) is 2.85. The number of halogens is 9.